The number of rotatable bonds is 3. The van der Waals surface area contributed by atoms with E-state index in [1.807, 2.05) is 13.8 Å². The molecule has 0 aromatic carbocycles. The SMILES string of the molecule is CC(C)C(C(=O)N1CC(C#N)C1)n1nc2c(n1)C(F)(F)c1c[nH]c3nccc-2c13. The fourth-order valence-corrected chi connectivity index (χ4v) is 4.05. The molecular formula is C19H17F2N7O. The van der Waals surface area contributed by atoms with E-state index in [-0.39, 0.29) is 29.0 Å². The third-order valence-corrected chi connectivity index (χ3v) is 5.60. The minimum Gasteiger partial charge on any atom is -0.346 e. The maximum Gasteiger partial charge on any atom is 0.321 e. The van der Waals surface area contributed by atoms with Crippen LogP contribution < -0.4 is 0 Å². The van der Waals surface area contributed by atoms with Crippen molar-refractivity contribution in [1.29, 1.82) is 5.26 Å². The maximum atomic E-state index is 15.2. The average molecular weight is 397 g/mol. The van der Waals surface area contributed by atoms with Gasteiger partial charge in [0.25, 0.3) is 0 Å². The topological polar surface area (TPSA) is 103 Å². The van der Waals surface area contributed by atoms with Crippen molar-refractivity contribution in [2.45, 2.75) is 25.8 Å². The van der Waals surface area contributed by atoms with Gasteiger partial charge in [-0.15, -0.1) is 0 Å². The lowest BCUT2D eigenvalue weighted by molar-refractivity contribution is -0.142. The highest BCUT2D eigenvalue weighted by Gasteiger charge is 2.48. The van der Waals surface area contributed by atoms with Gasteiger partial charge in [-0.1, -0.05) is 13.8 Å². The highest BCUT2D eigenvalue weighted by Crippen LogP contribution is 2.49. The second-order valence-electron chi connectivity index (χ2n) is 7.83. The molecule has 3 aromatic rings. The van der Waals surface area contributed by atoms with Gasteiger partial charge in [0, 0.05) is 36.4 Å². The Kier molecular flexibility index (Phi) is 3.56. The van der Waals surface area contributed by atoms with Crippen LogP contribution in [-0.4, -0.2) is 48.9 Å². The fourth-order valence-electron chi connectivity index (χ4n) is 4.05. The summed E-state index contributed by atoms with van der Waals surface area (Å²) >= 11 is 0. The lowest BCUT2D eigenvalue weighted by atomic mass is 9.92. The van der Waals surface area contributed by atoms with Crippen LogP contribution in [0.1, 0.15) is 31.1 Å². The molecule has 1 fully saturated rings. The van der Waals surface area contributed by atoms with E-state index in [2.05, 4.69) is 26.2 Å². The molecule has 2 aliphatic rings. The van der Waals surface area contributed by atoms with Gasteiger partial charge in [0.2, 0.25) is 5.91 Å². The molecule has 5 rings (SSSR count). The molecule has 4 heterocycles. The van der Waals surface area contributed by atoms with Gasteiger partial charge in [-0.2, -0.15) is 29.0 Å². The number of aromatic nitrogens is 5. The highest BCUT2D eigenvalue weighted by atomic mass is 19.3. The third kappa shape index (κ3) is 2.33. The monoisotopic (exact) mass is 397 g/mol. The second kappa shape index (κ2) is 5.83. The minimum absolute atomic E-state index is 0.0615. The van der Waals surface area contributed by atoms with Crippen molar-refractivity contribution >= 4 is 16.9 Å². The Balaban J connectivity index is 1.61. The first-order chi connectivity index (χ1) is 13.8. The van der Waals surface area contributed by atoms with E-state index >= 15 is 8.78 Å². The standard InChI is InChI=1S/C19H17F2N7O/c1-9(2)15(18(29)27-7-10(5-22)8-27)28-25-14-11-3-4-23-17-13(11)12(6-24-17)19(20,21)16(14)26-28/h3-4,6,9-10,15H,7-8H2,1-2H3,(H,23,24). The molecule has 0 bridgehead atoms. The summed E-state index contributed by atoms with van der Waals surface area (Å²) in [6.07, 6.45) is 2.77. The molecule has 3 aromatic heterocycles. The Morgan fingerprint density at radius 3 is 2.83 bits per heavy atom. The summed E-state index contributed by atoms with van der Waals surface area (Å²) in [5.74, 6) is -4.02. The van der Waals surface area contributed by atoms with E-state index < -0.39 is 17.7 Å². The van der Waals surface area contributed by atoms with Crippen molar-refractivity contribution in [3.05, 3.63) is 29.7 Å². The predicted octanol–water partition coefficient (Wildman–Crippen LogP) is 2.45. The lowest BCUT2D eigenvalue weighted by Crippen LogP contribution is -2.52. The Morgan fingerprint density at radius 1 is 1.38 bits per heavy atom. The number of hydrogen-bond donors (Lipinski definition) is 1. The number of hydrogen-bond acceptors (Lipinski definition) is 5. The average Bonchev–Trinajstić information content (AvgIpc) is 3.25. The van der Waals surface area contributed by atoms with Crippen molar-refractivity contribution in [2.75, 3.05) is 13.1 Å². The van der Waals surface area contributed by atoms with Crippen LogP contribution in [0.2, 0.25) is 0 Å². The molecule has 1 unspecified atom stereocenters. The van der Waals surface area contributed by atoms with Gasteiger partial charge in [0.05, 0.1) is 17.6 Å². The van der Waals surface area contributed by atoms with Gasteiger partial charge in [-0.3, -0.25) is 4.79 Å². The third-order valence-electron chi connectivity index (χ3n) is 5.60. The normalized spacial score (nSPS) is 18.4. The molecule has 0 spiro atoms. The van der Waals surface area contributed by atoms with Crippen LogP contribution in [0.3, 0.4) is 0 Å². The summed E-state index contributed by atoms with van der Waals surface area (Å²) in [6, 6.07) is 2.93. The first kappa shape index (κ1) is 17.7. The summed E-state index contributed by atoms with van der Waals surface area (Å²) < 4.78 is 30.4. The van der Waals surface area contributed by atoms with Crippen LogP contribution in [0.5, 0.6) is 0 Å². The molecule has 1 N–H and O–H groups in total. The van der Waals surface area contributed by atoms with Crippen molar-refractivity contribution in [1.82, 2.24) is 29.9 Å². The van der Waals surface area contributed by atoms with E-state index in [9.17, 15) is 4.79 Å². The number of nitrogens with one attached hydrogen (secondary N) is 1. The van der Waals surface area contributed by atoms with E-state index in [0.29, 0.717) is 29.7 Å². The van der Waals surface area contributed by atoms with Crippen molar-refractivity contribution in [2.24, 2.45) is 11.8 Å². The van der Waals surface area contributed by atoms with Crippen LogP contribution >= 0.6 is 0 Å². The van der Waals surface area contributed by atoms with Gasteiger partial charge < -0.3 is 9.88 Å². The Hall–Kier alpha value is -3.35. The summed E-state index contributed by atoms with van der Waals surface area (Å²) in [5.41, 5.74) is 0.279. The fraction of sp³-hybridized carbons (Fsp3) is 0.421. The van der Waals surface area contributed by atoms with Crippen LogP contribution in [0.25, 0.3) is 22.3 Å². The van der Waals surface area contributed by atoms with E-state index in [0.717, 1.165) is 4.80 Å². The number of amides is 1. The summed E-state index contributed by atoms with van der Waals surface area (Å²) in [4.78, 5) is 22.5. The second-order valence-corrected chi connectivity index (χ2v) is 7.83. The van der Waals surface area contributed by atoms with Crippen LogP contribution in [0.15, 0.2) is 18.5 Å². The number of halogens is 2. The number of nitrogens with zero attached hydrogens (tertiary/aromatic N) is 6. The Morgan fingerprint density at radius 2 is 2.14 bits per heavy atom. The number of carbonyl (C=O) groups excluding carboxylic acids is 1. The molecule has 148 valence electrons. The molecule has 8 nitrogen and oxygen atoms in total. The van der Waals surface area contributed by atoms with Gasteiger partial charge in [0.1, 0.15) is 11.3 Å². The predicted molar refractivity (Wildman–Crippen MR) is 97.7 cm³/mol. The molecule has 1 saturated heterocycles. The minimum atomic E-state index is -3.35. The molecule has 10 heteroatoms. The zero-order valence-electron chi connectivity index (χ0n) is 15.7. The molecule has 29 heavy (non-hydrogen) atoms. The number of carbonyl (C=O) groups is 1. The van der Waals surface area contributed by atoms with E-state index in [1.165, 1.54) is 12.4 Å². The first-order valence-electron chi connectivity index (χ1n) is 9.33. The van der Waals surface area contributed by atoms with Crippen LogP contribution in [-0.2, 0) is 10.7 Å². The van der Waals surface area contributed by atoms with Crippen LogP contribution in [0, 0.1) is 23.2 Å². The first-order valence-corrected chi connectivity index (χ1v) is 9.33. The molecule has 1 amide bonds. The molecular weight excluding hydrogens is 380 g/mol. The maximum absolute atomic E-state index is 15.2. The highest BCUT2D eigenvalue weighted by molar-refractivity contribution is 5.98. The Labute approximate surface area is 164 Å². The molecule has 0 radical (unpaired) electrons. The number of fused-ring (bicyclic) bond motifs is 2. The summed E-state index contributed by atoms with van der Waals surface area (Å²) in [6.45, 7) is 4.32. The van der Waals surface area contributed by atoms with Gasteiger partial charge in [-0.05, 0) is 12.0 Å². The summed E-state index contributed by atoms with van der Waals surface area (Å²) in [7, 11) is 0. The quantitative estimate of drug-likeness (QED) is 0.731. The molecule has 0 saturated carbocycles. The largest absolute Gasteiger partial charge is 0.346 e. The van der Waals surface area contributed by atoms with Gasteiger partial charge >= 0.3 is 5.92 Å². The zero-order valence-corrected chi connectivity index (χ0v) is 15.7. The lowest BCUT2D eigenvalue weighted by Gasteiger charge is -2.38. The van der Waals surface area contributed by atoms with E-state index in [1.54, 1.807) is 11.0 Å². The number of likely N-dealkylation sites (tertiary alicyclic amines) is 1. The number of pyridine rings is 1. The number of alkyl halides is 2. The van der Waals surface area contributed by atoms with Crippen molar-refractivity contribution in [3.63, 3.8) is 0 Å². The molecule has 1 aliphatic heterocycles. The molecule has 1 aliphatic carbocycles. The number of nitriles is 1. The van der Waals surface area contributed by atoms with Crippen molar-refractivity contribution in [3.8, 4) is 17.3 Å². The molecule has 1 atom stereocenters. The summed E-state index contributed by atoms with van der Waals surface area (Å²) in [5, 5.41) is 17.7. The van der Waals surface area contributed by atoms with Crippen molar-refractivity contribution < 1.29 is 13.6 Å². The Bertz CT molecular complexity index is 1180. The smallest absolute Gasteiger partial charge is 0.321 e. The van der Waals surface area contributed by atoms with Gasteiger partial charge in [-0.25, -0.2) is 4.98 Å². The number of H-pyrrole nitrogens is 1. The number of aromatic amines is 1. The van der Waals surface area contributed by atoms with Crippen LogP contribution in [0.4, 0.5) is 8.78 Å². The van der Waals surface area contributed by atoms with Gasteiger partial charge in [0.15, 0.2) is 11.7 Å². The zero-order chi connectivity index (χ0) is 20.5. The van der Waals surface area contributed by atoms with E-state index in [4.69, 9.17) is 5.26 Å².